The largest absolute Gasteiger partial charge is 0.383 e. The molecule has 0 unspecified atom stereocenters. The Morgan fingerprint density at radius 2 is 2.22 bits per heavy atom. The molecular formula is C12H21N3O2S. The monoisotopic (exact) mass is 271 g/mol. The van der Waals surface area contributed by atoms with Gasteiger partial charge in [-0.05, 0) is 12.8 Å². The smallest absolute Gasteiger partial charge is 0.266 e. The maximum atomic E-state index is 12.4. The van der Waals surface area contributed by atoms with Gasteiger partial charge in [0.2, 0.25) is 0 Å². The topological polar surface area (TPSA) is 68.5 Å². The molecule has 5 nitrogen and oxygen atoms in total. The van der Waals surface area contributed by atoms with Gasteiger partial charge in [-0.3, -0.25) is 4.79 Å². The molecular weight excluding hydrogens is 250 g/mol. The molecule has 0 bridgehead atoms. The molecule has 2 N–H and O–H groups in total. The standard InChI is InChI=1S/C12H21N3O2S/c1-8(2)7-15(5-6-17-4)11(16)10-9(3)14-12(13)18-10/h8H,5-7H2,1-4H3,(H2,13,14). The Kier molecular flexibility index (Phi) is 5.55. The molecule has 0 spiro atoms. The first-order valence-electron chi connectivity index (χ1n) is 5.96. The lowest BCUT2D eigenvalue weighted by Crippen LogP contribution is -2.36. The number of hydrogen-bond donors (Lipinski definition) is 1. The minimum atomic E-state index is -0.00699. The van der Waals surface area contributed by atoms with Crippen LogP contribution in [-0.4, -0.2) is 42.6 Å². The number of amides is 1. The van der Waals surface area contributed by atoms with Crippen molar-refractivity contribution in [1.82, 2.24) is 9.88 Å². The van der Waals surface area contributed by atoms with Crippen molar-refractivity contribution in [2.75, 3.05) is 32.5 Å². The number of thiazole rings is 1. The van der Waals surface area contributed by atoms with Gasteiger partial charge in [0, 0.05) is 20.2 Å². The van der Waals surface area contributed by atoms with E-state index in [0.29, 0.717) is 41.3 Å². The number of nitrogens with two attached hydrogens (primary N) is 1. The maximum absolute atomic E-state index is 12.4. The second-order valence-electron chi connectivity index (χ2n) is 4.60. The molecule has 1 rings (SSSR count). The Morgan fingerprint density at radius 1 is 1.56 bits per heavy atom. The second-order valence-corrected chi connectivity index (χ2v) is 5.64. The van der Waals surface area contributed by atoms with Gasteiger partial charge in [0.1, 0.15) is 4.88 Å². The summed E-state index contributed by atoms with van der Waals surface area (Å²) in [4.78, 5) is 18.9. The van der Waals surface area contributed by atoms with Crippen LogP contribution in [-0.2, 0) is 4.74 Å². The van der Waals surface area contributed by atoms with Gasteiger partial charge in [-0.2, -0.15) is 0 Å². The number of carbonyl (C=O) groups is 1. The Labute approximate surface area is 112 Å². The van der Waals surface area contributed by atoms with Gasteiger partial charge < -0.3 is 15.4 Å². The van der Waals surface area contributed by atoms with Crippen molar-refractivity contribution in [3.05, 3.63) is 10.6 Å². The number of nitrogens with zero attached hydrogens (tertiary/aromatic N) is 2. The number of aromatic nitrogens is 1. The van der Waals surface area contributed by atoms with Crippen LogP contribution in [0.4, 0.5) is 5.13 Å². The summed E-state index contributed by atoms with van der Waals surface area (Å²) in [5.41, 5.74) is 6.33. The van der Waals surface area contributed by atoms with Crippen molar-refractivity contribution in [2.45, 2.75) is 20.8 Å². The highest BCUT2D eigenvalue weighted by Crippen LogP contribution is 2.21. The van der Waals surface area contributed by atoms with Crippen molar-refractivity contribution < 1.29 is 9.53 Å². The second kappa shape index (κ2) is 6.70. The molecule has 0 aliphatic heterocycles. The zero-order valence-corrected chi connectivity index (χ0v) is 12.2. The van der Waals surface area contributed by atoms with Crippen LogP contribution in [0.2, 0.25) is 0 Å². The fraction of sp³-hybridized carbons (Fsp3) is 0.667. The Hall–Kier alpha value is -1.14. The van der Waals surface area contributed by atoms with Gasteiger partial charge in [-0.15, -0.1) is 0 Å². The van der Waals surface area contributed by atoms with E-state index in [1.807, 2.05) is 6.92 Å². The fourth-order valence-electron chi connectivity index (χ4n) is 1.68. The van der Waals surface area contributed by atoms with Gasteiger partial charge in [0.15, 0.2) is 5.13 Å². The lowest BCUT2D eigenvalue weighted by Gasteiger charge is -2.23. The predicted octanol–water partition coefficient (Wildman–Crippen LogP) is 1.78. The third-order valence-electron chi connectivity index (χ3n) is 2.45. The van der Waals surface area contributed by atoms with E-state index in [-0.39, 0.29) is 5.91 Å². The number of ether oxygens (including phenoxy) is 1. The van der Waals surface area contributed by atoms with Crippen LogP contribution < -0.4 is 5.73 Å². The quantitative estimate of drug-likeness (QED) is 0.856. The lowest BCUT2D eigenvalue weighted by atomic mass is 10.2. The lowest BCUT2D eigenvalue weighted by molar-refractivity contribution is 0.0676. The molecule has 18 heavy (non-hydrogen) atoms. The summed E-state index contributed by atoms with van der Waals surface area (Å²) >= 11 is 1.25. The molecule has 0 fully saturated rings. The van der Waals surface area contributed by atoms with E-state index in [4.69, 9.17) is 10.5 Å². The van der Waals surface area contributed by atoms with Crippen LogP contribution in [0.1, 0.15) is 29.2 Å². The zero-order valence-electron chi connectivity index (χ0n) is 11.4. The third-order valence-corrected chi connectivity index (χ3v) is 3.42. The molecule has 0 radical (unpaired) electrons. The summed E-state index contributed by atoms with van der Waals surface area (Å²) < 4.78 is 5.04. The molecule has 1 heterocycles. The number of methoxy groups -OCH3 is 1. The first-order chi connectivity index (χ1) is 8.45. The van der Waals surface area contributed by atoms with E-state index in [2.05, 4.69) is 18.8 Å². The molecule has 0 aliphatic rings. The number of aryl methyl sites for hydroxylation is 1. The summed E-state index contributed by atoms with van der Waals surface area (Å²) in [6.45, 7) is 7.81. The summed E-state index contributed by atoms with van der Waals surface area (Å²) in [7, 11) is 1.63. The molecule has 0 saturated heterocycles. The Bertz CT molecular complexity index is 404. The van der Waals surface area contributed by atoms with Crippen LogP contribution in [0.3, 0.4) is 0 Å². The van der Waals surface area contributed by atoms with Crippen molar-refractivity contribution in [1.29, 1.82) is 0 Å². The van der Waals surface area contributed by atoms with Crippen molar-refractivity contribution >= 4 is 22.4 Å². The van der Waals surface area contributed by atoms with Gasteiger partial charge >= 0.3 is 0 Å². The minimum Gasteiger partial charge on any atom is -0.383 e. The normalized spacial score (nSPS) is 10.9. The summed E-state index contributed by atoms with van der Waals surface area (Å²) in [5, 5.41) is 0.437. The van der Waals surface area contributed by atoms with Crippen LogP contribution >= 0.6 is 11.3 Å². The molecule has 0 saturated carbocycles. The minimum absolute atomic E-state index is 0.00699. The summed E-state index contributed by atoms with van der Waals surface area (Å²) in [6.07, 6.45) is 0. The number of nitrogen functional groups attached to an aromatic ring is 1. The van der Waals surface area contributed by atoms with Crippen LogP contribution in [0.25, 0.3) is 0 Å². The van der Waals surface area contributed by atoms with Crippen molar-refractivity contribution in [3.63, 3.8) is 0 Å². The molecule has 1 aromatic heterocycles. The van der Waals surface area contributed by atoms with E-state index in [9.17, 15) is 4.79 Å². The fourth-order valence-corrected chi connectivity index (χ4v) is 2.48. The Balaban J connectivity index is 2.83. The van der Waals surface area contributed by atoms with Gasteiger partial charge in [-0.25, -0.2) is 4.98 Å². The molecule has 0 aliphatic carbocycles. The van der Waals surface area contributed by atoms with E-state index in [0.717, 1.165) is 0 Å². The highest BCUT2D eigenvalue weighted by atomic mass is 32.1. The van der Waals surface area contributed by atoms with Crippen LogP contribution in [0, 0.1) is 12.8 Å². The Morgan fingerprint density at radius 3 is 2.67 bits per heavy atom. The van der Waals surface area contributed by atoms with Crippen molar-refractivity contribution in [2.24, 2.45) is 5.92 Å². The highest BCUT2D eigenvalue weighted by molar-refractivity contribution is 7.17. The molecule has 102 valence electrons. The zero-order chi connectivity index (χ0) is 13.7. The first kappa shape index (κ1) is 14.9. The highest BCUT2D eigenvalue weighted by Gasteiger charge is 2.21. The predicted molar refractivity (Wildman–Crippen MR) is 73.9 cm³/mol. The van der Waals surface area contributed by atoms with E-state index in [1.54, 1.807) is 12.0 Å². The number of carbonyl (C=O) groups excluding carboxylic acids is 1. The number of anilines is 1. The SMILES string of the molecule is COCCN(CC(C)C)C(=O)c1sc(N)nc1C. The van der Waals surface area contributed by atoms with Crippen LogP contribution in [0.15, 0.2) is 0 Å². The van der Waals surface area contributed by atoms with E-state index < -0.39 is 0 Å². The van der Waals surface area contributed by atoms with Crippen molar-refractivity contribution in [3.8, 4) is 0 Å². The number of rotatable bonds is 6. The molecule has 1 amide bonds. The maximum Gasteiger partial charge on any atom is 0.266 e. The molecule has 0 aromatic carbocycles. The summed E-state index contributed by atoms with van der Waals surface area (Å²) in [6, 6.07) is 0. The van der Waals surface area contributed by atoms with Gasteiger partial charge in [0.25, 0.3) is 5.91 Å². The van der Waals surface area contributed by atoms with Gasteiger partial charge in [0.05, 0.1) is 12.3 Å². The first-order valence-corrected chi connectivity index (χ1v) is 6.78. The van der Waals surface area contributed by atoms with Crippen LogP contribution in [0.5, 0.6) is 0 Å². The summed E-state index contributed by atoms with van der Waals surface area (Å²) in [5.74, 6) is 0.406. The number of hydrogen-bond acceptors (Lipinski definition) is 5. The molecule has 0 atom stereocenters. The average molecular weight is 271 g/mol. The molecule has 1 aromatic rings. The third kappa shape index (κ3) is 3.96. The van der Waals surface area contributed by atoms with E-state index >= 15 is 0 Å². The average Bonchev–Trinajstić information content (AvgIpc) is 2.62. The molecule has 6 heteroatoms. The van der Waals surface area contributed by atoms with E-state index in [1.165, 1.54) is 11.3 Å². The van der Waals surface area contributed by atoms with Gasteiger partial charge in [-0.1, -0.05) is 25.2 Å².